The average molecular weight is 344 g/mol. The molecule has 1 unspecified atom stereocenters. The first-order valence-corrected chi connectivity index (χ1v) is 8.83. The monoisotopic (exact) mass is 344 g/mol. The van der Waals surface area contributed by atoms with Crippen LogP contribution in [0.2, 0.25) is 0 Å². The molecular weight excluding hydrogens is 316 g/mol. The van der Waals surface area contributed by atoms with E-state index in [4.69, 9.17) is 9.26 Å². The zero-order valence-corrected chi connectivity index (χ0v) is 15.8. The Labute approximate surface area is 149 Å². The van der Waals surface area contributed by atoms with Crippen LogP contribution in [0.3, 0.4) is 0 Å². The zero-order valence-electron chi connectivity index (χ0n) is 15.8. The van der Waals surface area contributed by atoms with Crippen LogP contribution in [-0.4, -0.2) is 17.1 Å². The molecule has 2 aromatic rings. The molecule has 25 heavy (non-hydrogen) atoms. The Morgan fingerprint density at radius 3 is 2.56 bits per heavy atom. The molecular formula is C20H28N2O3. The molecule has 1 aromatic carbocycles. The number of benzene rings is 1. The second kappa shape index (κ2) is 8.70. The molecule has 0 saturated carbocycles. The Morgan fingerprint density at radius 2 is 1.92 bits per heavy atom. The molecule has 0 fully saturated rings. The largest absolute Gasteiger partial charge is 0.488 e. The summed E-state index contributed by atoms with van der Waals surface area (Å²) in [6.45, 7) is 10.5. The third kappa shape index (κ3) is 5.34. The van der Waals surface area contributed by atoms with Crippen LogP contribution in [0, 0.1) is 19.8 Å². The maximum atomic E-state index is 12.6. The fourth-order valence-corrected chi connectivity index (χ4v) is 2.60. The van der Waals surface area contributed by atoms with E-state index >= 15 is 0 Å². The minimum absolute atomic E-state index is 0.106. The number of rotatable bonds is 8. The van der Waals surface area contributed by atoms with Crippen LogP contribution in [0.1, 0.15) is 61.0 Å². The van der Waals surface area contributed by atoms with Crippen molar-refractivity contribution < 1.29 is 14.1 Å². The van der Waals surface area contributed by atoms with Crippen molar-refractivity contribution in [2.45, 2.75) is 60.1 Å². The lowest BCUT2D eigenvalue weighted by Crippen LogP contribution is -2.33. The number of hydrogen-bond donors (Lipinski definition) is 1. The number of aryl methyl sites for hydroxylation is 2. The van der Waals surface area contributed by atoms with Gasteiger partial charge in [-0.1, -0.05) is 31.1 Å². The van der Waals surface area contributed by atoms with E-state index in [1.807, 2.05) is 39.0 Å². The molecule has 1 amide bonds. The number of carbonyl (C=O) groups excluding carboxylic acids is 1. The number of ether oxygens (including phenoxy) is 1. The molecule has 1 heterocycles. The fourth-order valence-electron chi connectivity index (χ4n) is 2.60. The van der Waals surface area contributed by atoms with Gasteiger partial charge >= 0.3 is 0 Å². The Balaban J connectivity index is 2.03. The van der Waals surface area contributed by atoms with Gasteiger partial charge in [0.15, 0.2) is 0 Å². The lowest BCUT2D eigenvalue weighted by atomic mass is 10.0. The quantitative estimate of drug-likeness (QED) is 0.769. The van der Waals surface area contributed by atoms with Crippen molar-refractivity contribution in [3.63, 3.8) is 0 Å². The maximum absolute atomic E-state index is 12.6. The number of hydrogen-bond acceptors (Lipinski definition) is 4. The molecule has 0 saturated heterocycles. The normalized spacial score (nSPS) is 12.2. The minimum Gasteiger partial charge on any atom is -0.488 e. The Hall–Kier alpha value is -2.30. The smallest absolute Gasteiger partial charge is 0.255 e. The molecule has 0 bridgehead atoms. The summed E-state index contributed by atoms with van der Waals surface area (Å²) < 4.78 is 11.0. The summed E-state index contributed by atoms with van der Waals surface area (Å²) in [6.07, 6.45) is 2.05. The van der Waals surface area contributed by atoms with E-state index in [0.29, 0.717) is 23.8 Å². The van der Waals surface area contributed by atoms with Crippen LogP contribution in [-0.2, 0) is 6.61 Å². The first kappa shape index (κ1) is 19.0. The second-order valence-corrected chi connectivity index (χ2v) is 6.93. The minimum atomic E-state index is -0.106. The highest BCUT2D eigenvalue weighted by Gasteiger charge is 2.16. The van der Waals surface area contributed by atoms with Gasteiger partial charge in [0.05, 0.1) is 16.8 Å². The topological polar surface area (TPSA) is 64.4 Å². The van der Waals surface area contributed by atoms with Gasteiger partial charge in [-0.25, -0.2) is 0 Å². The molecule has 0 radical (unpaired) electrons. The molecule has 2 rings (SSSR count). The van der Waals surface area contributed by atoms with E-state index in [1.165, 1.54) is 0 Å². The summed E-state index contributed by atoms with van der Waals surface area (Å²) in [6, 6.07) is 7.43. The van der Waals surface area contributed by atoms with Gasteiger partial charge < -0.3 is 14.6 Å². The van der Waals surface area contributed by atoms with E-state index < -0.39 is 0 Å². The Morgan fingerprint density at radius 1 is 1.20 bits per heavy atom. The summed E-state index contributed by atoms with van der Waals surface area (Å²) in [5, 5.41) is 6.98. The van der Waals surface area contributed by atoms with Gasteiger partial charge in [-0.15, -0.1) is 0 Å². The van der Waals surface area contributed by atoms with Crippen LogP contribution >= 0.6 is 0 Å². The number of nitrogens with one attached hydrogen (secondary N) is 1. The van der Waals surface area contributed by atoms with Crippen molar-refractivity contribution in [1.82, 2.24) is 10.5 Å². The lowest BCUT2D eigenvalue weighted by Gasteiger charge is -2.17. The highest BCUT2D eigenvalue weighted by Crippen LogP contribution is 2.22. The van der Waals surface area contributed by atoms with Crippen LogP contribution < -0.4 is 10.1 Å². The molecule has 0 spiro atoms. The maximum Gasteiger partial charge on any atom is 0.255 e. The van der Waals surface area contributed by atoms with Gasteiger partial charge in [-0.3, -0.25) is 4.79 Å². The number of para-hydroxylation sites is 1. The van der Waals surface area contributed by atoms with Crippen LogP contribution in [0.4, 0.5) is 0 Å². The van der Waals surface area contributed by atoms with E-state index in [1.54, 1.807) is 6.07 Å². The third-order valence-corrected chi connectivity index (χ3v) is 4.24. The Bertz CT molecular complexity index is 687. The SMILES string of the molecule is Cc1noc(C)c1COc1ccccc1C(=O)NC(C)CCC(C)C. The molecule has 0 aliphatic carbocycles. The predicted octanol–water partition coefficient (Wildman–Crippen LogP) is 4.42. The van der Waals surface area contributed by atoms with Gasteiger partial charge in [0, 0.05) is 6.04 Å². The second-order valence-electron chi connectivity index (χ2n) is 6.93. The molecule has 5 heteroatoms. The Kier molecular flexibility index (Phi) is 6.62. The van der Waals surface area contributed by atoms with Crippen molar-refractivity contribution in [2.75, 3.05) is 0 Å². The lowest BCUT2D eigenvalue weighted by molar-refractivity contribution is 0.0932. The van der Waals surface area contributed by atoms with E-state index in [2.05, 4.69) is 24.3 Å². The van der Waals surface area contributed by atoms with Gasteiger partial charge in [0.1, 0.15) is 18.1 Å². The summed E-state index contributed by atoms with van der Waals surface area (Å²) in [4.78, 5) is 12.6. The zero-order chi connectivity index (χ0) is 18.4. The fraction of sp³-hybridized carbons (Fsp3) is 0.500. The third-order valence-electron chi connectivity index (χ3n) is 4.24. The highest BCUT2D eigenvalue weighted by molar-refractivity contribution is 5.97. The van der Waals surface area contributed by atoms with Crippen molar-refractivity contribution in [3.8, 4) is 5.75 Å². The van der Waals surface area contributed by atoms with Gasteiger partial charge in [-0.05, 0) is 51.7 Å². The van der Waals surface area contributed by atoms with E-state index in [-0.39, 0.29) is 11.9 Å². The van der Waals surface area contributed by atoms with Crippen LogP contribution in [0.15, 0.2) is 28.8 Å². The molecule has 5 nitrogen and oxygen atoms in total. The van der Waals surface area contributed by atoms with Crippen LogP contribution in [0.25, 0.3) is 0 Å². The van der Waals surface area contributed by atoms with Crippen molar-refractivity contribution in [3.05, 3.63) is 46.8 Å². The van der Waals surface area contributed by atoms with Crippen molar-refractivity contribution in [1.29, 1.82) is 0 Å². The van der Waals surface area contributed by atoms with Gasteiger partial charge in [0.2, 0.25) is 0 Å². The first-order chi connectivity index (χ1) is 11.9. The summed E-state index contributed by atoms with van der Waals surface area (Å²) in [5.74, 6) is 1.83. The molecule has 1 aromatic heterocycles. The standard InChI is InChI=1S/C20H28N2O3/c1-13(2)10-11-14(3)21-20(23)17-8-6-7-9-19(17)24-12-18-15(4)22-25-16(18)5/h6-9,13-14H,10-12H2,1-5H3,(H,21,23). The number of nitrogens with zero attached hydrogens (tertiary/aromatic N) is 1. The molecule has 1 N–H and O–H groups in total. The number of carbonyl (C=O) groups is 1. The molecule has 136 valence electrons. The number of amides is 1. The first-order valence-electron chi connectivity index (χ1n) is 8.83. The van der Waals surface area contributed by atoms with E-state index in [9.17, 15) is 4.79 Å². The summed E-state index contributed by atoms with van der Waals surface area (Å²) in [7, 11) is 0. The van der Waals surface area contributed by atoms with Gasteiger partial charge in [-0.2, -0.15) is 0 Å². The summed E-state index contributed by atoms with van der Waals surface area (Å²) >= 11 is 0. The molecule has 0 aliphatic rings. The average Bonchev–Trinajstić information content (AvgIpc) is 2.89. The van der Waals surface area contributed by atoms with Gasteiger partial charge in [0.25, 0.3) is 5.91 Å². The predicted molar refractivity (Wildman–Crippen MR) is 97.8 cm³/mol. The summed E-state index contributed by atoms with van der Waals surface area (Å²) in [5.41, 5.74) is 2.27. The van der Waals surface area contributed by atoms with Crippen molar-refractivity contribution >= 4 is 5.91 Å². The molecule has 1 atom stereocenters. The van der Waals surface area contributed by atoms with Crippen molar-refractivity contribution in [2.24, 2.45) is 5.92 Å². The van der Waals surface area contributed by atoms with Crippen LogP contribution in [0.5, 0.6) is 5.75 Å². The highest BCUT2D eigenvalue weighted by atomic mass is 16.5. The molecule has 0 aliphatic heterocycles. The number of aromatic nitrogens is 1. The van der Waals surface area contributed by atoms with E-state index in [0.717, 1.165) is 29.9 Å².